The van der Waals surface area contributed by atoms with E-state index in [1.54, 1.807) is 20.8 Å². The number of imide groups is 1. The zero-order valence-electron chi connectivity index (χ0n) is 12.2. The van der Waals surface area contributed by atoms with Gasteiger partial charge in [0, 0.05) is 5.02 Å². The predicted molar refractivity (Wildman–Crippen MR) is 81.4 cm³/mol. The van der Waals surface area contributed by atoms with E-state index in [-0.39, 0.29) is 15.6 Å². The highest BCUT2D eigenvalue weighted by molar-refractivity contribution is 6.36. The summed E-state index contributed by atoms with van der Waals surface area (Å²) in [4.78, 5) is 35.8. The fraction of sp³-hybridized carbons (Fsp3) is 0.357. The molecule has 6 nitrogen and oxygen atoms in total. The van der Waals surface area contributed by atoms with E-state index in [4.69, 9.17) is 33.0 Å². The molecule has 0 saturated carbocycles. The number of carboxylic acids is 1. The Bertz CT molecular complexity index is 610. The van der Waals surface area contributed by atoms with Gasteiger partial charge in [-0.05, 0) is 39.0 Å². The molecule has 0 aromatic heterocycles. The van der Waals surface area contributed by atoms with Gasteiger partial charge in [0.25, 0.3) is 5.91 Å². The van der Waals surface area contributed by atoms with E-state index < -0.39 is 30.1 Å². The lowest BCUT2D eigenvalue weighted by atomic mass is 10.2. The lowest BCUT2D eigenvalue weighted by Gasteiger charge is -2.25. The Labute approximate surface area is 137 Å². The quantitative estimate of drug-likeness (QED) is 0.904. The van der Waals surface area contributed by atoms with Gasteiger partial charge in [-0.2, -0.15) is 0 Å². The van der Waals surface area contributed by atoms with Crippen LogP contribution in [0.25, 0.3) is 0 Å². The topological polar surface area (TPSA) is 83.9 Å². The van der Waals surface area contributed by atoms with Crippen LogP contribution in [0, 0.1) is 0 Å². The van der Waals surface area contributed by atoms with Gasteiger partial charge in [-0.1, -0.05) is 23.2 Å². The third kappa shape index (κ3) is 5.20. The van der Waals surface area contributed by atoms with Crippen LogP contribution >= 0.6 is 23.2 Å². The summed E-state index contributed by atoms with van der Waals surface area (Å²) in [6, 6.07) is 4.10. The van der Waals surface area contributed by atoms with Gasteiger partial charge in [0.05, 0.1) is 10.6 Å². The molecule has 0 heterocycles. The number of ether oxygens (including phenoxy) is 1. The Hall–Kier alpha value is -1.79. The second kappa shape index (κ2) is 6.98. The second-order valence-corrected chi connectivity index (χ2v) is 6.23. The molecule has 1 rings (SSSR count). The maximum Gasteiger partial charge on any atom is 0.417 e. The van der Waals surface area contributed by atoms with Crippen molar-refractivity contribution in [1.29, 1.82) is 0 Å². The van der Waals surface area contributed by atoms with E-state index in [2.05, 4.69) is 0 Å². The van der Waals surface area contributed by atoms with Gasteiger partial charge in [-0.15, -0.1) is 0 Å². The van der Waals surface area contributed by atoms with Crippen molar-refractivity contribution in [3.8, 4) is 0 Å². The minimum absolute atomic E-state index is 0.0494. The van der Waals surface area contributed by atoms with Gasteiger partial charge in [0.15, 0.2) is 0 Å². The number of benzene rings is 1. The molecule has 0 atom stereocenters. The maximum absolute atomic E-state index is 12.4. The number of halogens is 2. The highest BCUT2D eigenvalue weighted by atomic mass is 35.5. The van der Waals surface area contributed by atoms with Crippen molar-refractivity contribution in [2.24, 2.45) is 0 Å². The molecule has 2 amide bonds. The average Bonchev–Trinajstić information content (AvgIpc) is 2.35. The molecular formula is C14H15Cl2NO5. The van der Waals surface area contributed by atoms with Gasteiger partial charge in [-0.25, -0.2) is 9.69 Å². The molecule has 1 aromatic rings. The van der Waals surface area contributed by atoms with Gasteiger partial charge in [-0.3, -0.25) is 9.59 Å². The van der Waals surface area contributed by atoms with E-state index >= 15 is 0 Å². The SMILES string of the molecule is CC(C)(C)OC(=O)N(CC(=O)O)C(=O)c1cc(Cl)ccc1Cl. The van der Waals surface area contributed by atoms with Crippen LogP contribution in [-0.2, 0) is 9.53 Å². The van der Waals surface area contributed by atoms with E-state index in [0.29, 0.717) is 4.90 Å². The third-order valence-corrected chi connectivity index (χ3v) is 2.88. The number of aliphatic carboxylic acids is 1. The summed E-state index contributed by atoms with van der Waals surface area (Å²) >= 11 is 11.7. The minimum Gasteiger partial charge on any atom is -0.480 e. The van der Waals surface area contributed by atoms with Crippen molar-refractivity contribution in [1.82, 2.24) is 4.90 Å². The molecule has 120 valence electrons. The summed E-state index contributed by atoms with van der Waals surface area (Å²) in [5, 5.41) is 9.17. The fourth-order valence-corrected chi connectivity index (χ4v) is 1.85. The van der Waals surface area contributed by atoms with E-state index in [0.717, 1.165) is 0 Å². The molecule has 22 heavy (non-hydrogen) atoms. The molecule has 0 aliphatic rings. The van der Waals surface area contributed by atoms with Gasteiger partial charge >= 0.3 is 12.1 Å². The van der Waals surface area contributed by atoms with Gasteiger partial charge < -0.3 is 9.84 Å². The van der Waals surface area contributed by atoms with E-state index in [9.17, 15) is 14.4 Å². The van der Waals surface area contributed by atoms with Crippen LogP contribution in [0.2, 0.25) is 10.0 Å². The zero-order valence-corrected chi connectivity index (χ0v) is 13.7. The van der Waals surface area contributed by atoms with E-state index in [1.165, 1.54) is 18.2 Å². The van der Waals surface area contributed by atoms with Crippen molar-refractivity contribution >= 4 is 41.2 Å². The zero-order chi connectivity index (χ0) is 17.1. The average molecular weight is 348 g/mol. The number of carbonyl (C=O) groups excluding carboxylic acids is 2. The van der Waals surface area contributed by atoms with Gasteiger partial charge in [0.2, 0.25) is 0 Å². The Morgan fingerprint density at radius 3 is 2.32 bits per heavy atom. The normalized spacial score (nSPS) is 11.0. The Morgan fingerprint density at radius 2 is 1.82 bits per heavy atom. The smallest absolute Gasteiger partial charge is 0.417 e. The molecule has 0 bridgehead atoms. The standard InChI is InChI=1S/C14H15Cl2NO5/c1-14(2,3)22-13(21)17(7-11(18)19)12(20)9-6-8(15)4-5-10(9)16/h4-6H,7H2,1-3H3,(H,18,19). The van der Waals surface area contributed by atoms with Crippen LogP contribution in [0.1, 0.15) is 31.1 Å². The summed E-state index contributed by atoms with van der Waals surface area (Å²) in [6.45, 7) is 3.94. The summed E-state index contributed by atoms with van der Waals surface area (Å²) in [6.07, 6.45) is -1.07. The molecule has 0 unspecified atom stereocenters. The number of carboxylic acid groups (broad SMARTS) is 1. The largest absolute Gasteiger partial charge is 0.480 e. The first kappa shape index (κ1) is 18.3. The summed E-state index contributed by atoms with van der Waals surface area (Å²) in [7, 11) is 0. The number of rotatable bonds is 3. The summed E-state index contributed by atoms with van der Waals surface area (Å²) < 4.78 is 5.04. The Balaban J connectivity index is 3.16. The van der Waals surface area contributed by atoms with Crippen LogP contribution in [-0.4, -0.2) is 40.1 Å². The van der Waals surface area contributed by atoms with E-state index in [1.807, 2.05) is 0 Å². The molecule has 0 fully saturated rings. The predicted octanol–water partition coefficient (Wildman–Crippen LogP) is 3.46. The Kier molecular flexibility index (Phi) is 5.79. The van der Waals surface area contributed by atoms with Crippen LogP contribution in [0.5, 0.6) is 0 Å². The minimum atomic E-state index is -1.36. The number of nitrogens with zero attached hydrogens (tertiary/aromatic N) is 1. The number of hydrogen-bond donors (Lipinski definition) is 1. The van der Waals surface area contributed by atoms with Crippen molar-refractivity contribution in [2.75, 3.05) is 6.54 Å². The molecule has 1 aromatic carbocycles. The lowest BCUT2D eigenvalue weighted by molar-refractivity contribution is -0.137. The maximum atomic E-state index is 12.4. The lowest BCUT2D eigenvalue weighted by Crippen LogP contribution is -2.43. The highest BCUT2D eigenvalue weighted by Gasteiger charge is 2.31. The first-order chi connectivity index (χ1) is 10.0. The number of carbonyl (C=O) groups is 3. The summed E-state index contributed by atoms with van der Waals surface area (Å²) in [5.74, 6) is -2.26. The van der Waals surface area contributed by atoms with Crippen molar-refractivity contribution in [3.05, 3.63) is 33.8 Å². The number of hydrogen-bond acceptors (Lipinski definition) is 4. The molecule has 0 aliphatic carbocycles. The first-order valence-corrected chi connectivity index (χ1v) is 6.98. The van der Waals surface area contributed by atoms with Crippen LogP contribution in [0.15, 0.2) is 18.2 Å². The van der Waals surface area contributed by atoms with Crippen LogP contribution in [0.4, 0.5) is 4.79 Å². The van der Waals surface area contributed by atoms with Crippen molar-refractivity contribution in [3.63, 3.8) is 0 Å². The van der Waals surface area contributed by atoms with Crippen molar-refractivity contribution < 1.29 is 24.2 Å². The fourth-order valence-electron chi connectivity index (χ4n) is 1.48. The highest BCUT2D eigenvalue weighted by Crippen LogP contribution is 2.23. The molecular weight excluding hydrogens is 333 g/mol. The molecule has 0 aliphatic heterocycles. The molecule has 0 radical (unpaired) electrons. The molecule has 0 spiro atoms. The molecule has 0 saturated heterocycles. The first-order valence-electron chi connectivity index (χ1n) is 6.23. The summed E-state index contributed by atoms with van der Waals surface area (Å²) in [5.41, 5.74) is -0.965. The van der Waals surface area contributed by atoms with Crippen LogP contribution in [0.3, 0.4) is 0 Å². The Morgan fingerprint density at radius 1 is 1.23 bits per heavy atom. The van der Waals surface area contributed by atoms with Gasteiger partial charge in [0.1, 0.15) is 12.1 Å². The van der Waals surface area contributed by atoms with Crippen molar-refractivity contribution in [2.45, 2.75) is 26.4 Å². The second-order valence-electron chi connectivity index (χ2n) is 5.39. The molecule has 8 heteroatoms. The third-order valence-electron chi connectivity index (χ3n) is 2.31. The number of amides is 2. The molecule has 1 N–H and O–H groups in total. The van der Waals surface area contributed by atoms with Crippen LogP contribution < -0.4 is 0 Å². The monoisotopic (exact) mass is 347 g/mol.